The molecule has 5 heteroatoms. The van der Waals surface area contributed by atoms with Gasteiger partial charge in [0.1, 0.15) is 0 Å². The number of nitrogens with one attached hydrogen (secondary N) is 2. The summed E-state index contributed by atoms with van der Waals surface area (Å²) in [5.74, 6) is -0.599. The molecule has 0 heterocycles. The van der Waals surface area contributed by atoms with E-state index in [0.717, 1.165) is 5.56 Å². The van der Waals surface area contributed by atoms with Gasteiger partial charge in [0.05, 0.1) is 17.7 Å². The van der Waals surface area contributed by atoms with Crippen LogP contribution in [0.1, 0.15) is 44.8 Å². The van der Waals surface area contributed by atoms with Crippen molar-refractivity contribution in [3.8, 4) is 6.07 Å². The van der Waals surface area contributed by atoms with E-state index in [2.05, 4.69) is 10.6 Å². The van der Waals surface area contributed by atoms with Crippen molar-refractivity contribution in [2.24, 2.45) is 0 Å². The topological polar surface area (TPSA) is 82.0 Å². The Balaban J connectivity index is 1.71. The van der Waals surface area contributed by atoms with Gasteiger partial charge in [-0.05, 0) is 48.9 Å². The Morgan fingerprint density at radius 1 is 0.857 bits per heavy atom. The zero-order valence-electron chi connectivity index (χ0n) is 15.3. The summed E-state index contributed by atoms with van der Waals surface area (Å²) in [7, 11) is 0. The van der Waals surface area contributed by atoms with Gasteiger partial charge in [-0.1, -0.05) is 42.5 Å². The number of carbonyl (C=O) groups excluding carboxylic acids is 2. The second kappa shape index (κ2) is 8.65. The number of nitrogens with zero attached hydrogens (tertiary/aromatic N) is 1. The number of nitriles is 1. The molecule has 0 radical (unpaired) electrons. The molecular weight excluding hydrogens is 350 g/mol. The third-order valence-electron chi connectivity index (χ3n) is 4.28. The monoisotopic (exact) mass is 369 g/mol. The lowest BCUT2D eigenvalue weighted by molar-refractivity contribution is 0.0940. The Labute approximate surface area is 163 Å². The van der Waals surface area contributed by atoms with Crippen LogP contribution < -0.4 is 10.6 Å². The van der Waals surface area contributed by atoms with E-state index in [1.54, 1.807) is 48.5 Å². The van der Waals surface area contributed by atoms with Gasteiger partial charge in [0.25, 0.3) is 11.8 Å². The van der Waals surface area contributed by atoms with E-state index < -0.39 is 0 Å². The molecule has 0 saturated carbocycles. The highest BCUT2D eigenvalue weighted by Crippen LogP contribution is 2.15. The average Bonchev–Trinajstić information content (AvgIpc) is 2.74. The number of benzene rings is 3. The summed E-state index contributed by atoms with van der Waals surface area (Å²) in [6, 6.07) is 24.7. The first-order valence-corrected chi connectivity index (χ1v) is 8.84. The summed E-state index contributed by atoms with van der Waals surface area (Å²) in [5, 5.41) is 14.6. The van der Waals surface area contributed by atoms with E-state index in [0.29, 0.717) is 22.4 Å². The van der Waals surface area contributed by atoms with Crippen molar-refractivity contribution >= 4 is 17.5 Å². The second-order valence-corrected chi connectivity index (χ2v) is 6.33. The van der Waals surface area contributed by atoms with Crippen LogP contribution in [-0.2, 0) is 0 Å². The normalized spacial score (nSPS) is 11.1. The molecule has 3 rings (SSSR count). The van der Waals surface area contributed by atoms with Gasteiger partial charge in [-0.3, -0.25) is 9.59 Å². The van der Waals surface area contributed by atoms with Crippen molar-refractivity contribution in [3.63, 3.8) is 0 Å². The maximum atomic E-state index is 12.6. The lowest BCUT2D eigenvalue weighted by Gasteiger charge is -2.14. The van der Waals surface area contributed by atoms with Gasteiger partial charge in [0.2, 0.25) is 0 Å². The SMILES string of the molecule is CC(NC(=O)c1cccc(C(=O)Nc2cccc(C#N)c2)c1)c1ccccc1. The summed E-state index contributed by atoms with van der Waals surface area (Å²) in [6.07, 6.45) is 0. The van der Waals surface area contributed by atoms with Gasteiger partial charge in [-0.2, -0.15) is 5.26 Å². The Morgan fingerprint density at radius 3 is 2.25 bits per heavy atom. The van der Waals surface area contributed by atoms with Gasteiger partial charge >= 0.3 is 0 Å². The second-order valence-electron chi connectivity index (χ2n) is 6.33. The molecule has 3 aromatic carbocycles. The number of carbonyl (C=O) groups is 2. The molecule has 0 aliphatic carbocycles. The molecule has 0 aliphatic rings. The van der Waals surface area contributed by atoms with Crippen molar-refractivity contribution in [1.82, 2.24) is 5.32 Å². The summed E-state index contributed by atoms with van der Waals surface area (Å²) >= 11 is 0. The standard InChI is InChI=1S/C23H19N3O2/c1-16(18-8-3-2-4-9-18)25-22(27)19-10-6-11-20(14-19)23(28)26-21-12-5-7-17(13-21)15-24/h2-14,16H,1H3,(H,25,27)(H,26,28). The quantitative estimate of drug-likeness (QED) is 0.703. The molecule has 3 aromatic rings. The van der Waals surface area contributed by atoms with Crippen molar-refractivity contribution < 1.29 is 9.59 Å². The molecule has 0 spiro atoms. The minimum Gasteiger partial charge on any atom is -0.346 e. The first-order valence-electron chi connectivity index (χ1n) is 8.84. The predicted molar refractivity (Wildman–Crippen MR) is 108 cm³/mol. The van der Waals surface area contributed by atoms with Crippen LogP contribution in [0.25, 0.3) is 0 Å². The van der Waals surface area contributed by atoms with E-state index in [4.69, 9.17) is 5.26 Å². The van der Waals surface area contributed by atoms with Crippen LogP contribution in [0.15, 0.2) is 78.9 Å². The molecule has 138 valence electrons. The van der Waals surface area contributed by atoms with Crippen molar-refractivity contribution in [2.75, 3.05) is 5.32 Å². The maximum Gasteiger partial charge on any atom is 0.255 e. The van der Waals surface area contributed by atoms with Crippen LogP contribution in [0, 0.1) is 11.3 Å². The third-order valence-corrected chi connectivity index (χ3v) is 4.28. The highest BCUT2D eigenvalue weighted by Gasteiger charge is 2.14. The van der Waals surface area contributed by atoms with E-state index in [-0.39, 0.29) is 17.9 Å². The zero-order valence-corrected chi connectivity index (χ0v) is 15.3. The molecular formula is C23H19N3O2. The molecule has 2 amide bonds. The van der Waals surface area contributed by atoms with Crippen LogP contribution in [0.4, 0.5) is 5.69 Å². The molecule has 5 nitrogen and oxygen atoms in total. The van der Waals surface area contributed by atoms with Crippen LogP contribution >= 0.6 is 0 Å². The molecule has 1 atom stereocenters. The van der Waals surface area contributed by atoms with Crippen LogP contribution in [0.5, 0.6) is 0 Å². The van der Waals surface area contributed by atoms with E-state index in [1.165, 1.54) is 0 Å². The van der Waals surface area contributed by atoms with Gasteiger partial charge in [-0.15, -0.1) is 0 Å². The number of hydrogen-bond acceptors (Lipinski definition) is 3. The molecule has 0 bridgehead atoms. The zero-order chi connectivity index (χ0) is 19.9. The van der Waals surface area contributed by atoms with Gasteiger partial charge in [0.15, 0.2) is 0 Å². The van der Waals surface area contributed by atoms with E-state index >= 15 is 0 Å². The third kappa shape index (κ3) is 4.63. The minimum absolute atomic E-state index is 0.153. The minimum atomic E-state index is -0.346. The molecule has 1 unspecified atom stereocenters. The molecule has 0 saturated heterocycles. The van der Waals surface area contributed by atoms with Crippen LogP contribution in [0.3, 0.4) is 0 Å². The molecule has 0 aliphatic heterocycles. The smallest absolute Gasteiger partial charge is 0.255 e. The van der Waals surface area contributed by atoms with E-state index in [9.17, 15) is 9.59 Å². The van der Waals surface area contributed by atoms with Gasteiger partial charge < -0.3 is 10.6 Å². The Morgan fingerprint density at radius 2 is 1.54 bits per heavy atom. The fourth-order valence-electron chi connectivity index (χ4n) is 2.78. The fourth-order valence-corrected chi connectivity index (χ4v) is 2.78. The lowest BCUT2D eigenvalue weighted by atomic mass is 10.1. The summed E-state index contributed by atoms with van der Waals surface area (Å²) in [5.41, 5.74) is 2.75. The highest BCUT2D eigenvalue weighted by molar-refractivity contribution is 6.06. The van der Waals surface area contributed by atoms with Gasteiger partial charge in [-0.25, -0.2) is 0 Å². The van der Waals surface area contributed by atoms with Gasteiger partial charge in [0, 0.05) is 16.8 Å². The maximum absolute atomic E-state index is 12.6. The predicted octanol–water partition coefficient (Wildman–Crippen LogP) is 4.30. The number of amides is 2. The average molecular weight is 369 g/mol. The van der Waals surface area contributed by atoms with Crippen molar-refractivity contribution in [2.45, 2.75) is 13.0 Å². The Hall–Kier alpha value is -3.91. The number of hydrogen-bond donors (Lipinski definition) is 2. The van der Waals surface area contributed by atoms with Crippen molar-refractivity contribution in [3.05, 3.63) is 101 Å². The number of anilines is 1. The molecule has 28 heavy (non-hydrogen) atoms. The van der Waals surface area contributed by atoms with Crippen LogP contribution in [0.2, 0.25) is 0 Å². The van der Waals surface area contributed by atoms with E-state index in [1.807, 2.05) is 43.3 Å². The highest BCUT2D eigenvalue weighted by atomic mass is 16.2. The van der Waals surface area contributed by atoms with Crippen molar-refractivity contribution in [1.29, 1.82) is 5.26 Å². The first-order chi connectivity index (χ1) is 13.6. The summed E-state index contributed by atoms with van der Waals surface area (Å²) in [4.78, 5) is 25.1. The molecule has 2 N–H and O–H groups in total. The Bertz CT molecular complexity index is 1040. The largest absolute Gasteiger partial charge is 0.346 e. The number of rotatable bonds is 5. The molecule has 0 fully saturated rings. The fraction of sp³-hybridized carbons (Fsp3) is 0.0870. The summed E-state index contributed by atoms with van der Waals surface area (Å²) < 4.78 is 0. The van der Waals surface area contributed by atoms with Crippen LogP contribution in [-0.4, -0.2) is 11.8 Å². The Kier molecular flexibility index (Phi) is 5.83. The summed E-state index contributed by atoms with van der Waals surface area (Å²) in [6.45, 7) is 1.91. The lowest BCUT2D eigenvalue weighted by Crippen LogP contribution is -2.27. The molecule has 0 aromatic heterocycles. The first kappa shape index (κ1) is 18.9.